The van der Waals surface area contributed by atoms with Crippen LogP contribution in [0, 0.1) is 0 Å². The van der Waals surface area contributed by atoms with Crippen molar-refractivity contribution in [2.45, 2.75) is 38.6 Å². The van der Waals surface area contributed by atoms with Crippen molar-refractivity contribution in [3.8, 4) is 0 Å². The SMILES string of the molecule is CCCc1cc(NC2CCCOC2)ncn1. The maximum atomic E-state index is 5.43. The lowest BCUT2D eigenvalue weighted by Crippen LogP contribution is -2.30. The molecular weight excluding hydrogens is 202 g/mol. The molecule has 1 aromatic heterocycles. The van der Waals surface area contributed by atoms with Crippen LogP contribution in [-0.4, -0.2) is 29.2 Å². The maximum Gasteiger partial charge on any atom is 0.129 e. The lowest BCUT2D eigenvalue weighted by Gasteiger charge is -2.23. The van der Waals surface area contributed by atoms with Gasteiger partial charge >= 0.3 is 0 Å². The van der Waals surface area contributed by atoms with E-state index in [1.807, 2.05) is 6.07 Å². The molecule has 0 saturated carbocycles. The molecule has 0 amide bonds. The summed E-state index contributed by atoms with van der Waals surface area (Å²) in [5.41, 5.74) is 1.11. The molecule has 1 atom stereocenters. The van der Waals surface area contributed by atoms with Crippen molar-refractivity contribution in [1.29, 1.82) is 0 Å². The monoisotopic (exact) mass is 221 g/mol. The van der Waals surface area contributed by atoms with E-state index in [2.05, 4.69) is 22.2 Å². The molecule has 0 radical (unpaired) electrons. The third-order valence-electron chi connectivity index (χ3n) is 2.74. The fourth-order valence-electron chi connectivity index (χ4n) is 1.93. The van der Waals surface area contributed by atoms with Gasteiger partial charge in [0.15, 0.2) is 0 Å². The molecule has 1 aliphatic rings. The summed E-state index contributed by atoms with van der Waals surface area (Å²) in [5, 5.41) is 3.40. The Bertz CT molecular complexity index is 324. The zero-order valence-electron chi connectivity index (χ0n) is 9.78. The van der Waals surface area contributed by atoms with Gasteiger partial charge in [0.05, 0.1) is 12.6 Å². The molecule has 0 aromatic carbocycles. The number of aromatic nitrogens is 2. The Hall–Kier alpha value is -1.16. The van der Waals surface area contributed by atoms with Gasteiger partial charge in [-0.15, -0.1) is 0 Å². The van der Waals surface area contributed by atoms with Crippen LogP contribution in [0.25, 0.3) is 0 Å². The minimum absolute atomic E-state index is 0.401. The summed E-state index contributed by atoms with van der Waals surface area (Å²) in [4.78, 5) is 8.48. The quantitative estimate of drug-likeness (QED) is 0.845. The van der Waals surface area contributed by atoms with Crippen LogP contribution in [0.5, 0.6) is 0 Å². The summed E-state index contributed by atoms with van der Waals surface area (Å²) in [6.07, 6.45) is 6.05. The van der Waals surface area contributed by atoms with Gasteiger partial charge in [-0.3, -0.25) is 0 Å². The molecule has 88 valence electrons. The number of rotatable bonds is 4. The molecular formula is C12H19N3O. The highest BCUT2D eigenvalue weighted by molar-refractivity contribution is 5.36. The van der Waals surface area contributed by atoms with Crippen molar-refractivity contribution < 1.29 is 4.74 Å². The fourth-order valence-corrected chi connectivity index (χ4v) is 1.93. The molecule has 16 heavy (non-hydrogen) atoms. The Balaban J connectivity index is 1.94. The van der Waals surface area contributed by atoms with Crippen molar-refractivity contribution in [2.75, 3.05) is 18.5 Å². The van der Waals surface area contributed by atoms with Crippen LogP contribution >= 0.6 is 0 Å². The first-order chi connectivity index (χ1) is 7.88. The van der Waals surface area contributed by atoms with Crippen molar-refractivity contribution in [3.05, 3.63) is 18.1 Å². The van der Waals surface area contributed by atoms with E-state index in [-0.39, 0.29) is 0 Å². The highest BCUT2D eigenvalue weighted by Crippen LogP contribution is 2.13. The Morgan fingerprint density at radius 1 is 1.50 bits per heavy atom. The second-order valence-electron chi connectivity index (χ2n) is 4.20. The zero-order chi connectivity index (χ0) is 11.2. The Labute approximate surface area is 96.4 Å². The van der Waals surface area contributed by atoms with Crippen LogP contribution in [0.3, 0.4) is 0 Å². The number of nitrogens with zero attached hydrogens (tertiary/aromatic N) is 2. The van der Waals surface area contributed by atoms with Crippen molar-refractivity contribution >= 4 is 5.82 Å². The number of nitrogens with one attached hydrogen (secondary N) is 1. The topological polar surface area (TPSA) is 47.0 Å². The third-order valence-corrected chi connectivity index (χ3v) is 2.74. The highest BCUT2D eigenvalue weighted by atomic mass is 16.5. The number of hydrogen-bond acceptors (Lipinski definition) is 4. The Morgan fingerprint density at radius 2 is 2.44 bits per heavy atom. The first-order valence-corrected chi connectivity index (χ1v) is 6.03. The smallest absolute Gasteiger partial charge is 0.129 e. The van der Waals surface area contributed by atoms with E-state index in [9.17, 15) is 0 Å². The maximum absolute atomic E-state index is 5.43. The standard InChI is InChI=1S/C12H19N3O/c1-2-4-10-7-12(14-9-13-10)15-11-5-3-6-16-8-11/h7,9,11H,2-6,8H2,1H3,(H,13,14,15). The summed E-state index contributed by atoms with van der Waals surface area (Å²) < 4.78 is 5.43. The first kappa shape index (κ1) is 11.3. The molecule has 1 fully saturated rings. The molecule has 0 bridgehead atoms. The van der Waals surface area contributed by atoms with Gasteiger partial charge < -0.3 is 10.1 Å². The Morgan fingerprint density at radius 3 is 3.19 bits per heavy atom. The molecule has 4 nitrogen and oxygen atoms in total. The van der Waals surface area contributed by atoms with Gasteiger partial charge in [-0.2, -0.15) is 0 Å². The van der Waals surface area contributed by atoms with Gasteiger partial charge in [-0.1, -0.05) is 13.3 Å². The summed E-state index contributed by atoms with van der Waals surface area (Å²) in [5.74, 6) is 0.925. The van der Waals surface area contributed by atoms with E-state index in [4.69, 9.17) is 4.74 Å². The summed E-state index contributed by atoms with van der Waals surface area (Å²) in [7, 11) is 0. The van der Waals surface area contributed by atoms with Gasteiger partial charge in [0.2, 0.25) is 0 Å². The fraction of sp³-hybridized carbons (Fsp3) is 0.667. The summed E-state index contributed by atoms with van der Waals surface area (Å²) >= 11 is 0. The lowest BCUT2D eigenvalue weighted by atomic mass is 10.1. The van der Waals surface area contributed by atoms with E-state index in [0.717, 1.165) is 50.4 Å². The second kappa shape index (κ2) is 5.80. The average Bonchev–Trinajstić information content (AvgIpc) is 2.31. The molecule has 0 spiro atoms. The number of ether oxygens (including phenoxy) is 1. The molecule has 2 heterocycles. The molecule has 2 rings (SSSR count). The van der Waals surface area contributed by atoms with Gasteiger partial charge in [-0.05, 0) is 19.3 Å². The van der Waals surface area contributed by atoms with E-state index in [0.29, 0.717) is 6.04 Å². The molecule has 1 aliphatic heterocycles. The number of anilines is 1. The third kappa shape index (κ3) is 3.17. The van der Waals surface area contributed by atoms with Crippen LogP contribution in [0.2, 0.25) is 0 Å². The predicted molar refractivity (Wildman–Crippen MR) is 63.5 cm³/mol. The molecule has 1 N–H and O–H groups in total. The van der Waals surface area contributed by atoms with Gasteiger partial charge in [0, 0.05) is 18.4 Å². The summed E-state index contributed by atoms with van der Waals surface area (Å²) in [6.45, 7) is 3.83. The van der Waals surface area contributed by atoms with Crippen molar-refractivity contribution in [3.63, 3.8) is 0 Å². The number of hydrogen-bond donors (Lipinski definition) is 1. The van der Waals surface area contributed by atoms with Gasteiger partial charge in [-0.25, -0.2) is 9.97 Å². The van der Waals surface area contributed by atoms with Crippen LogP contribution < -0.4 is 5.32 Å². The number of aryl methyl sites for hydroxylation is 1. The molecule has 1 aromatic rings. The van der Waals surface area contributed by atoms with Crippen molar-refractivity contribution in [2.24, 2.45) is 0 Å². The normalized spacial score (nSPS) is 20.7. The van der Waals surface area contributed by atoms with Gasteiger partial charge in [0.1, 0.15) is 12.1 Å². The van der Waals surface area contributed by atoms with Crippen molar-refractivity contribution in [1.82, 2.24) is 9.97 Å². The van der Waals surface area contributed by atoms with E-state index in [1.165, 1.54) is 0 Å². The van der Waals surface area contributed by atoms with Crippen LogP contribution in [0.15, 0.2) is 12.4 Å². The second-order valence-corrected chi connectivity index (χ2v) is 4.20. The van der Waals surface area contributed by atoms with Gasteiger partial charge in [0.25, 0.3) is 0 Å². The largest absolute Gasteiger partial charge is 0.379 e. The molecule has 4 heteroatoms. The van der Waals surface area contributed by atoms with Crippen LogP contribution in [-0.2, 0) is 11.2 Å². The lowest BCUT2D eigenvalue weighted by molar-refractivity contribution is 0.0875. The predicted octanol–water partition coefficient (Wildman–Crippen LogP) is 2.02. The van der Waals surface area contributed by atoms with E-state index >= 15 is 0 Å². The van der Waals surface area contributed by atoms with E-state index < -0.39 is 0 Å². The zero-order valence-corrected chi connectivity index (χ0v) is 9.78. The first-order valence-electron chi connectivity index (χ1n) is 6.03. The van der Waals surface area contributed by atoms with Crippen LogP contribution in [0.1, 0.15) is 31.9 Å². The van der Waals surface area contributed by atoms with E-state index in [1.54, 1.807) is 6.33 Å². The Kier molecular flexibility index (Phi) is 4.10. The molecule has 1 unspecified atom stereocenters. The molecule has 0 aliphatic carbocycles. The summed E-state index contributed by atoms with van der Waals surface area (Å²) in [6, 6.07) is 2.44. The highest BCUT2D eigenvalue weighted by Gasteiger charge is 2.13. The minimum Gasteiger partial charge on any atom is -0.379 e. The average molecular weight is 221 g/mol. The minimum atomic E-state index is 0.401. The van der Waals surface area contributed by atoms with Crippen LogP contribution in [0.4, 0.5) is 5.82 Å². The molecule has 1 saturated heterocycles.